The topological polar surface area (TPSA) is 78.7 Å². The van der Waals surface area contributed by atoms with Crippen molar-refractivity contribution in [1.82, 2.24) is 4.90 Å². The van der Waals surface area contributed by atoms with Gasteiger partial charge in [0.25, 0.3) is 0 Å². The van der Waals surface area contributed by atoms with Crippen LogP contribution in [0.4, 0.5) is 11.4 Å². The van der Waals surface area contributed by atoms with Crippen molar-refractivity contribution >= 4 is 23.2 Å². The Morgan fingerprint density at radius 2 is 1.67 bits per heavy atom. The largest absolute Gasteiger partial charge is 0.369 e. The van der Waals surface area contributed by atoms with E-state index >= 15 is 0 Å². The summed E-state index contributed by atoms with van der Waals surface area (Å²) in [5.74, 6) is -0.391. The van der Waals surface area contributed by atoms with Gasteiger partial charge in [-0.1, -0.05) is 25.1 Å². The van der Waals surface area contributed by atoms with Crippen LogP contribution in [-0.2, 0) is 11.2 Å². The number of piperazine rings is 1. The molecule has 2 amide bonds. The summed E-state index contributed by atoms with van der Waals surface area (Å²) in [6, 6.07) is 15.3. The normalized spacial score (nSPS) is 14.8. The molecular weight excluding hydrogens is 340 g/mol. The summed E-state index contributed by atoms with van der Waals surface area (Å²) < 4.78 is 0. The molecule has 0 bridgehead atoms. The van der Waals surface area contributed by atoms with Crippen molar-refractivity contribution in [3.63, 3.8) is 0 Å². The van der Waals surface area contributed by atoms with E-state index in [-0.39, 0.29) is 5.91 Å². The first kappa shape index (κ1) is 18.9. The van der Waals surface area contributed by atoms with E-state index in [1.165, 1.54) is 0 Å². The predicted molar refractivity (Wildman–Crippen MR) is 108 cm³/mol. The highest BCUT2D eigenvalue weighted by atomic mass is 16.2. The van der Waals surface area contributed by atoms with E-state index in [1.807, 2.05) is 36.4 Å². The first-order valence-electron chi connectivity index (χ1n) is 9.31. The van der Waals surface area contributed by atoms with Gasteiger partial charge in [0.2, 0.25) is 11.8 Å². The van der Waals surface area contributed by atoms with Gasteiger partial charge in [-0.25, -0.2) is 0 Å². The van der Waals surface area contributed by atoms with Crippen LogP contribution in [-0.4, -0.2) is 49.4 Å². The molecule has 0 aromatic heterocycles. The zero-order valence-corrected chi connectivity index (χ0v) is 15.6. The van der Waals surface area contributed by atoms with Crippen LogP contribution in [0.3, 0.4) is 0 Å². The summed E-state index contributed by atoms with van der Waals surface area (Å²) in [7, 11) is 0. The number of benzene rings is 2. The number of carbonyl (C=O) groups excluding carboxylic acids is 2. The fourth-order valence-corrected chi connectivity index (χ4v) is 3.34. The number of nitrogens with two attached hydrogens (primary N) is 1. The first-order valence-corrected chi connectivity index (χ1v) is 9.31. The number of aryl methyl sites for hydroxylation is 1. The molecule has 3 rings (SSSR count). The molecule has 0 unspecified atom stereocenters. The number of hydrogen-bond acceptors (Lipinski definition) is 4. The van der Waals surface area contributed by atoms with Crippen molar-refractivity contribution < 1.29 is 9.59 Å². The van der Waals surface area contributed by atoms with E-state index in [0.717, 1.165) is 49.5 Å². The molecule has 1 aliphatic rings. The lowest BCUT2D eigenvalue weighted by molar-refractivity contribution is -0.117. The molecular formula is C21H26N4O2. The third kappa shape index (κ3) is 4.86. The summed E-state index contributed by atoms with van der Waals surface area (Å²) in [4.78, 5) is 28.0. The van der Waals surface area contributed by atoms with E-state index in [4.69, 9.17) is 5.73 Å². The molecule has 0 radical (unpaired) electrons. The Morgan fingerprint density at radius 3 is 2.30 bits per heavy atom. The van der Waals surface area contributed by atoms with Gasteiger partial charge in [0.1, 0.15) is 0 Å². The van der Waals surface area contributed by atoms with Crippen LogP contribution < -0.4 is 16.0 Å². The van der Waals surface area contributed by atoms with Crippen LogP contribution >= 0.6 is 0 Å². The van der Waals surface area contributed by atoms with E-state index < -0.39 is 5.91 Å². The monoisotopic (exact) mass is 366 g/mol. The molecule has 3 N–H and O–H groups in total. The number of nitrogens with one attached hydrogen (secondary N) is 1. The van der Waals surface area contributed by atoms with Gasteiger partial charge in [-0.15, -0.1) is 0 Å². The Morgan fingerprint density at radius 1 is 1.00 bits per heavy atom. The smallest absolute Gasteiger partial charge is 0.248 e. The molecule has 2 aromatic rings. The Balaban J connectivity index is 1.50. The SMILES string of the molecule is CCc1ccccc1NC(=O)CN1CCN(c2ccc(C(N)=O)cc2)CC1. The van der Waals surface area contributed by atoms with E-state index in [2.05, 4.69) is 22.0 Å². The molecule has 0 aliphatic carbocycles. The van der Waals surface area contributed by atoms with Crippen LogP contribution in [0.25, 0.3) is 0 Å². The van der Waals surface area contributed by atoms with Crippen molar-refractivity contribution in [2.75, 3.05) is 42.9 Å². The van der Waals surface area contributed by atoms with Gasteiger partial charge in [0, 0.05) is 43.1 Å². The van der Waals surface area contributed by atoms with Crippen molar-refractivity contribution in [1.29, 1.82) is 0 Å². The van der Waals surface area contributed by atoms with E-state index in [9.17, 15) is 9.59 Å². The average Bonchev–Trinajstić information content (AvgIpc) is 2.69. The maximum absolute atomic E-state index is 12.4. The number of primary amides is 1. The van der Waals surface area contributed by atoms with Crippen molar-refractivity contribution in [2.45, 2.75) is 13.3 Å². The van der Waals surface area contributed by atoms with Gasteiger partial charge in [-0.3, -0.25) is 14.5 Å². The molecule has 27 heavy (non-hydrogen) atoms. The summed E-state index contributed by atoms with van der Waals surface area (Å²) in [6.45, 7) is 5.80. The molecule has 0 spiro atoms. The van der Waals surface area contributed by atoms with Crippen LogP contribution in [0.2, 0.25) is 0 Å². The lowest BCUT2D eigenvalue weighted by Gasteiger charge is -2.35. The van der Waals surface area contributed by atoms with Gasteiger partial charge < -0.3 is 16.0 Å². The number of amides is 2. The number of para-hydroxylation sites is 1. The molecule has 1 heterocycles. The number of rotatable bonds is 6. The minimum Gasteiger partial charge on any atom is -0.369 e. The van der Waals surface area contributed by atoms with Gasteiger partial charge in [0.05, 0.1) is 6.54 Å². The third-order valence-corrected chi connectivity index (χ3v) is 4.93. The molecule has 2 aromatic carbocycles. The molecule has 1 fully saturated rings. The van der Waals surface area contributed by atoms with Crippen LogP contribution in [0.15, 0.2) is 48.5 Å². The predicted octanol–water partition coefficient (Wildman–Crippen LogP) is 2.11. The summed E-state index contributed by atoms with van der Waals surface area (Å²) in [5, 5.41) is 3.03. The van der Waals surface area contributed by atoms with Gasteiger partial charge >= 0.3 is 0 Å². The van der Waals surface area contributed by atoms with Crippen LogP contribution in [0, 0.1) is 0 Å². The van der Waals surface area contributed by atoms with Crippen LogP contribution in [0.5, 0.6) is 0 Å². The van der Waals surface area contributed by atoms with Crippen molar-refractivity contribution in [3.05, 3.63) is 59.7 Å². The van der Waals surface area contributed by atoms with E-state index in [0.29, 0.717) is 12.1 Å². The summed E-state index contributed by atoms with van der Waals surface area (Å²) >= 11 is 0. The van der Waals surface area contributed by atoms with Crippen molar-refractivity contribution in [2.24, 2.45) is 5.73 Å². The van der Waals surface area contributed by atoms with Gasteiger partial charge in [0.15, 0.2) is 0 Å². The summed E-state index contributed by atoms with van der Waals surface area (Å²) in [5.41, 5.74) is 8.92. The summed E-state index contributed by atoms with van der Waals surface area (Å²) in [6.07, 6.45) is 0.893. The quantitative estimate of drug-likeness (QED) is 0.821. The Hall–Kier alpha value is -2.86. The number of anilines is 2. The highest BCUT2D eigenvalue weighted by Crippen LogP contribution is 2.18. The average molecular weight is 366 g/mol. The molecule has 1 aliphatic heterocycles. The Labute approximate surface area is 159 Å². The van der Waals surface area contributed by atoms with Gasteiger partial charge in [-0.05, 0) is 42.3 Å². The standard InChI is InChI=1S/C21H26N4O2/c1-2-16-5-3-4-6-19(16)23-20(26)15-24-11-13-25(14-12-24)18-9-7-17(8-10-18)21(22)27/h3-10H,2,11-15H2,1H3,(H2,22,27)(H,23,26). The lowest BCUT2D eigenvalue weighted by atomic mass is 10.1. The fourth-order valence-electron chi connectivity index (χ4n) is 3.34. The number of hydrogen-bond donors (Lipinski definition) is 2. The molecule has 0 atom stereocenters. The van der Waals surface area contributed by atoms with Crippen LogP contribution in [0.1, 0.15) is 22.8 Å². The maximum Gasteiger partial charge on any atom is 0.248 e. The zero-order chi connectivity index (χ0) is 19.2. The van der Waals surface area contributed by atoms with Crippen molar-refractivity contribution in [3.8, 4) is 0 Å². The minimum absolute atomic E-state index is 0.0233. The molecule has 142 valence electrons. The Bertz CT molecular complexity index is 796. The lowest BCUT2D eigenvalue weighted by Crippen LogP contribution is -2.48. The zero-order valence-electron chi connectivity index (χ0n) is 15.6. The number of carbonyl (C=O) groups is 2. The first-order chi connectivity index (χ1) is 13.1. The minimum atomic E-state index is -0.415. The maximum atomic E-state index is 12.4. The van der Waals surface area contributed by atoms with Gasteiger partial charge in [-0.2, -0.15) is 0 Å². The highest BCUT2D eigenvalue weighted by Gasteiger charge is 2.19. The fraction of sp³-hybridized carbons (Fsp3) is 0.333. The second kappa shape index (κ2) is 8.68. The van der Waals surface area contributed by atoms with E-state index in [1.54, 1.807) is 12.1 Å². The molecule has 6 nitrogen and oxygen atoms in total. The highest BCUT2D eigenvalue weighted by molar-refractivity contribution is 5.93. The Kier molecular flexibility index (Phi) is 6.08. The molecule has 6 heteroatoms. The second-order valence-corrected chi connectivity index (χ2v) is 6.73. The molecule has 1 saturated heterocycles. The second-order valence-electron chi connectivity index (χ2n) is 6.73. The third-order valence-electron chi connectivity index (χ3n) is 4.93. The number of nitrogens with zero attached hydrogens (tertiary/aromatic N) is 2. The molecule has 0 saturated carbocycles.